The lowest BCUT2D eigenvalue weighted by molar-refractivity contribution is 0.600. The Morgan fingerprint density at radius 3 is 2.36 bits per heavy atom. The second-order valence-corrected chi connectivity index (χ2v) is 7.61. The molecule has 0 bridgehead atoms. The number of nitrogen functional groups attached to an aromatic ring is 1. The Morgan fingerprint density at radius 2 is 1.68 bits per heavy atom. The Bertz CT molecular complexity index is 1190. The van der Waals surface area contributed by atoms with Gasteiger partial charge in [-0.3, -0.25) is 9.71 Å². The number of nitrogens with zero attached hydrogens (tertiary/aromatic N) is 4. The number of sulfonamides is 1. The van der Waals surface area contributed by atoms with Crippen LogP contribution >= 0.6 is 0 Å². The van der Waals surface area contributed by atoms with Crippen molar-refractivity contribution in [1.82, 2.24) is 19.7 Å². The first-order valence-corrected chi connectivity index (χ1v) is 9.81. The number of rotatable bonds is 5. The second kappa shape index (κ2) is 7.12. The topological polar surface area (TPSA) is 116 Å². The molecular formula is C19H16N6O2S. The van der Waals surface area contributed by atoms with Crippen LogP contribution in [-0.2, 0) is 10.0 Å². The minimum absolute atomic E-state index is 0.0981. The van der Waals surface area contributed by atoms with Crippen LogP contribution in [0.3, 0.4) is 0 Å². The molecule has 0 spiro atoms. The molecule has 3 heterocycles. The highest BCUT2D eigenvalue weighted by atomic mass is 32.2. The summed E-state index contributed by atoms with van der Waals surface area (Å²) in [5.41, 5.74) is 7.52. The van der Waals surface area contributed by atoms with E-state index < -0.39 is 10.0 Å². The zero-order valence-corrected chi connectivity index (χ0v) is 15.4. The van der Waals surface area contributed by atoms with E-state index in [9.17, 15) is 8.42 Å². The minimum Gasteiger partial charge on any atom is -0.399 e. The van der Waals surface area contributed by atoms with E-state index in [2.05, 4.69) is 19.8 Å². The van der Waals surface area contributed by atoms with E-state index in [1.54, 1.807) is 55.0 Å². The Kier molecular flexibility index (Phi) is 4.50. The van der Waals surface area contributed by atoms with Gasteiger partial charge in [-0.05, 0) is 48.5 Å². The summed E-state index contributed by atoms with van der Waals surface area (Å²) in [5, 5.41) is 4.52. The Morgan fingerprint density at radius 1 is 0.929 bits per heavy atom. The molecule has 0 fully saturated rings. The second-order valence-electron chi connectivity index (χ2n) is 5.92. The molecule has 0 saturated heterocycles. The molecule has 28 heavy (non-hydrogen) atoms. The maximum Gasteiger partial charge on any atom is 0.263 e. The molecule has 3 aromatic heterocycles. The van der Waals surface area contributed by atoms with E-state index in [1.165, 1.54) is 28.9 Å². The highest BCUT2D eigenvalue weighted by molar-refractivity contribution is 7.92. The quantitative estimate of drug-likeness (QED) is 0.505. The zero-order valence-electron chi connectivity index (χ0n) is 14.6. The normalized spacial score (nSPS) is 11.3. The Labute approximate surface area is 161 Å². The monoisotopic (exact) mass is 392 g/mol. The third-order valence-electron chi connectivity index (χ3n) is 3.98. The van der Waals surface area contributed by atoms with Crippen LogP contribution in [-0.4, -0.2) is 28.2 Å². The molecular weight excluding hydrogens is 376 g/mol. The summed E-state index contributed by atoms with van der Waals surface area (Å²) in [5.74, 6) is 0.750. The summed E-state index contributed by atoms with van der Waals surface area (Å²) < 4.78 is 29.7. The van der Waals surface area contributed by atoms with Crippen LogP contribution in [0.1, 0.15) is 0 Å². The molecule has 0 saturated carbocycles. The zero-order chi connectivity index (χ0) is 19.6. The molecule has 140 valence electrons. The average Bonchev–Trinajstić information content (AvgIpc) is 3.13. The van der Waals surface area contributed by atoms with Gasteiger partial charge in [0.2, 0.25) is 0 Å². The molecule has 9 heteroatoms. The molecule has 0 radical (unpaired) electrons. The maximum atomic E-state index is 12.8. The van der Waals surface area contributed by atoms with Crippen LogP contribution in [0.25, 0.3) is 17.1 Å². The van der Waals surface area contributed by atoms with Crippen LogP contribution < -0.4 is 10.5 Å². The van der Waals surface area contributed by atoms with Gasteiger partial charge >= 0.3 is 0 Å². The van der Waals surface area contributed by atoms with Gasteiger partial charge in [-0.2, -0.15) is 9.78 Å². The van der Waals surface area contributed by atoms with Gasteiger partial charge in [-0.1, -0.05) is 6.07 Å². The molecule has 0 unspecified atom stereocenters. The summed E-state index contributed by atoms with van der Waals surface area (Å²) in [6.07, 6.45) is 4.90. The van der Waals surface area contributed by atoms with Crippen molar-refractivity contribution in [3.05, 3.63) is 79.3 Å². The van der Waals surface area contributed by atoms with E-state index in [4.69, 9.17) is 5.73 Å². The fourth-order valence-electron chi connectivity index (χ4n) is 2.61. The van der Waals surface area contributed by atoms with Gasteiger partial charge in [0.25, 0.3) is 10.0 Å². The van der Waals surface area contributed by atoms with Crippen LogP contribution in [0.4, 0.5) is 11.5 Å². The summed E-state index contributed by atoms with van der Waals surface area (Å²) in [6, 6.07) is 16.5. The Hall–Kier alpha value is -3.72. The van der Waals surface area contributed by atoms with Crippen LogP contribution in [0, 0.1) is 0 Å². The fourth-order valence-corrected chi connectivity index (χ4v) is 3.65. The van der Waals surface area contributed by atoms with Crippen molar-refractivity contribution in [1.29, 1.82) is 0 Å². The third-order valence-corrected chi connectivity index (χ3v) is 5.35. The highest BCUT2D eigenvalue weighted by Gasteiger charge is 2.19. The van der Waals surface area contributed by atoms with Crippen molar-refractivity contribution in [2.45, 2.75) is 4.90 Å². The first-order chi connectivity index (χ1) is 13.5. The van der Waals surface area contributed by atoms with Crippen molar-refractivity contribution < 1.29 is 8.42 Å². The Balaban J connectivity index is 1.79. The van der Waals surface area contributed by atoms with Crippen LogP contribution in [0.5, 0.6) is 0 Å². The van der Waals surface area contributed by atoms with Crippen molar-refractivity contribution in [2.24, 2.45) is 0 Å². The summed E-state index contributed by atoms with van der Waals surface area (Å²) in [4.78, 5) is 8.36. The highest BCUT2D eigenvalue weighted by Crippen LogP contribution is 2.26. The smallest absolute Gasteiger partial charge is 0.263 e. The number of aromatic nitrogens is 4. The number of hydrogen-bond acceptors (Lipinski definition) is 6. The van der Waals surface area contributed by atoms with Gasteiger partial charge in [0.05, 0.1) is 10.6 Å². The lowest BCUT2D eigenvalue weighted by Gasteiger charge is -2.10. The number of anilines is 2. The number of benzene rings is 1. The van der Waals surface area contributed by atoms with Crippen LogP contribution in [0.15, 0.2) is 84.1 Å². The first-order valence-electron chi connectivity index (χ1n) is 8.33. The van der Waals surface area contributed by atoms with E-state index >= 15 is 0 Å². The van der Waals surface area contributed by atoms with E-state index in [1.807, 2.05) is 0 Å². The number of hydrogen-bond donors (Lipinski definition) is 2. The van der Waals surface area contributed by atoms with Gasteiger partial charge in [-0.15, -0.1) is 0 Å². The predicted octanol–water partition coefficient (Wildman–Crippen LogP) is 2.71. The molecule has 0 aliphatic carbocycles. The predicted molar refractivity (Wildman–Crippen MR) is 106 cm³/mol. The van der Waals surface area contributed by atoms with Gasteiger partial charge in [0.15, 0.2) is 5.82 Å². The van der Waals surface area contributed by atoms with Gasteiger partial charge in [0, 0.05) is 35.9 Å². The SMILES string of the molecule is Nc1ccc(S(=O)(=O)Nc2cc(-c3ccncc3)nn2-c2ccccn2)cc1. The minimum atomic E-state index is -3.84. The van der Waals surface area contributed by atoms with E-state index in [-0.39, 0.29) is 10.7 Å². The lowest BCUT2D eigenvalue weighted by atomic mass is 10.2. The molecule has 8 nitrogen and oxygen atoms in total. The fraction of sp³-hybridized carbons (Fsp3) is 0. The molecule has 0 aliphatic heterocycles. The molecule has 0 aliphatic rings. The van der Waals surface area contributed by atoms with Gasteiger partial charge in [0.1, 0.15) is 5.82 Å². The first kappa shape index (κ1) is 17.7. The van der Waals surface area contributed by atoms with Gasteiger partial charge in [-0.25, -0.2) is 13.4 Å². The average molecular weight is 392 g/mol. The number of pyridine rings is 2. The maximum absolute atomic E-state index is 12.8. The molecule has 1 aromatic carbocycles. The van der Waals surface area contributed by atoms with Crippen LogP contribution in [0.2, 0.25) is 0 Å². The lowest BCUT2D eigenvalue weighted by Crippen LogP contribution is -2.16. The third kappa shape index (κ3) is 3.55. The number of nitrogens with two attached hydrogens (primary N) is 1. The van der Waals surface area contributed by atoms with E-state index in [0.717, 1.165) is 5.56 Å². The summed E-state index contributed by atoms with van der Waals surface area (Å²) in [6.45, 7) is 0. The van der Waals surface area contributed by atoms with Crippen molar-refractivity contribution in [3.63, 3.8) is 0 Å². The standard InChI is InChI=1S/C19H16N6O2S/c20-15-4-6-16(7-5-15)28(26,27)24-19-13-17(14-8-11-21-12-9-14)23-25(19)18-3-1-2-10-22-18/h1-13,24H,20H2. The van der Waals surface area contributed by atoms with Crippen molar-refractivity contribution in [3.8, 4) is 17.1 Å². The number of nitrogens with one attached hydrogen (secondary N) is 1. The summed E-state index contributed by atoms with van der Waals surface area (Å²) >= 11 is 0. The van der Waals surface area contributed by atoms with Crippen molar-refractivity contribution in [2.75, 3.05) is 10.5 Å². The summed E-state index contributed by atoms with van der Waals surface area (Å²) in [7, 11) is -3.84. The molecule has 0 atom stereocenters. The van der Waals surface area contributed by atoms with E-state index in [0.29, 0.717) is 17.2 Å². The van der Waals surface area contributed by atoms with Crippen molar-refractivity contribution >= 4 is 21.5 Å². The van der Waals surface area contributed by atoms with Gasteiger partial charge < -0.3 is 5.73 Å². The molecule has 3 N–H and O–H groups in total. The molecule has 4 rings (SSSR count). The molecule has 4 aromatic rings. The molecule has 0 amide bonds. The largest absolute Gasteiger partial charge is 0.399 e.